The van der Waals surface area contributed by atoms with Crippen molar-refractivity contribution in [3.8, 4) is 5.75 Å². The average Bonchev–Trinajstić information content (AvgIpc) is 2.23. The summed E-state index contributed by atoms with van der Waals surface area (Å²) in [6.07, 6.45) is 0.781. The van der Waals surface area contributed by atoms with E-state index in [2.05, 4.69) is 0 Å². The molecular weight excluding hydrogens is 219 g/mol. The number of ether oxygens (including phenoxy) is 2. The van der Waals surface area contributed by atoms with Crippen LogP contribution in [0.3, 0.4) is 0 Å². The van der Waals surface area contributed by atoms with E-state index in [0.717, 1.165) is 12.0 Å². The van der Waals surface area contributed by atoms with Gasteiger partial charge in [0.25, 0.3) is 0 Å². The van der Waals surface area contributed by atoms with Gasteiger partial charge in [0.1, 0.15) is 11.6 Å². The molecule has 0 saturated heterocycles. The first kappa shape index (κ1) is 12.3. The summed E-state index contributed by atoms with van der Waals surface area (Å²) in [7, 11) is 1.63. The fourth-order valence-electron chi connectivity index (χ4n) is 1.17. The van der Waals surface area contributed by atoms with Crippen molar-refractivity contribution >= 4 is 11.6 Å². The van der Waals surface area contributed by atoms with Crippen molar-refractivity contribution in [2.75, 3.05) is 20.3 Å². The van der Waals surface area contributed by atoms with E-state index >= 15 is 0 Å². The maximum absolute atomic E-state index is 13.0. The molecule has 0 amide bonds. The minimum atomic E-state index is -0.324. The lowest BCUT2D eigenvalue weighted by Crippen LogP contribution is -2.01. The molecule has 0 aromatic heterocycles. The number of rotatable bonds is 6. The standard InChI is InChI=1S/C11H14ClFO2/c1-14-3-2-4-15-11-6-9(8-12)5-10(13)7-11/h5-7H,2-4,8H2,1H3. The fourth-order valence-corrected chi connectivity index (χ4v) is 1.33. The molecule has 0 aliphatic carbocycles. The normalized spacial score (nSPS) is 10.3. The second-order valence-corrected chi connectivity index (χ2v) is 3.39. The predicted octanol–water partition coefficient (Wildman–Crippen LogP) is 2.98. The van der Waals surface area contributed by atoms with Crippen molar-refractivity contribution in [2.24, 2.45) is 0 Å². The van der Waals surface area contributed by atoms with E-state index in [1.807, 2.05) is 0 Å². The maximum atomic E-state index is 13.0. The number of methoxy groups -OCH3 is 1. The molecule has 0 saturated carbocycles. The average molecular weight is 233 g/mol. The molecule has 1 aromatic carbocycles. The van der Waals surface area contributed by atoms with E-state index in [9.17, 15) is 4.39 Å². The van der Waals surface area contributed by atoms with Crippen molar-refractivity contribution in [3.05, 3.63) is 29.6 Å². The molecule has 0 unspecified atom stereocenters. The highest BCUT2D eigenvalue weighted by Gasteiger charge is 2.00. The Labute approximate surface area is 94.0 Å². The number of alkyl halides is 1. The number of hydrogen-bond acceptors (Lipinski definition) is 2. The van der Waals surface area contributed by atoms with Gasteiger partial charge in [0.2, 0.25) is 0 Å². The largest absolute Gasteiger partial charge is 0.493 e. The zero-order valence-electron chi connectivity index (χ0n) is 8.63. The predicted molar refractivity (Wildman–Crippen MR) is 57.9 cm³/mol. The Morgan fingerprint density at radius 3 is 2.73 bits per heavy atom. The van der Waals surface area contributed by atoms with Gasteiger partial charge < -0.3 is 9.47 Å². The molecule has 0 heterocycles. The van der Waals surface area contributed by atoms with Crippen LogP contribution in [0.25, 0.3) is 0 Å². The van der Waals surface area contributed by atoms with Gasteiger partial charge in [0.15, 0.2) is 0 Å². The topological polar surface area (TPSA) is 18.5 Å². The molecule has 15 heavy (non-hydrogen) atoms. The molecule has 84 valence electrons. The minimum absolute atomic E-state index is 0.284. The van der Waals surface area contributed by atoms with E-state index in [4.69, 9.17) is 21.1 Å². The molecule has 0 aliphatic heterocycles. The van der Waals surface area contributed by atoms with Gasteiger partial charge in [0, 0.05) is 32.1 Å². The van der Waals surface area contributed by atoms with Crippen LogP contribution in [0.15, 0.2) is 18.2 Å². The molecule has 0 bridgehead atoms. The summed E-state index contributed by atoms with van der Waals surface area (Å²) in [6.45, 7) is 1.15. The highest BCUT2D eigenvalue weighted by atomic mass is 35.5. The highest BCUT2D eigenvalue weighted by molar-refractivity contribution is 6.17. The van der Waals surface area contributed by atoms with Crippen molar-refractivity contribution in [1.82, 2.24) is 0 Å². The van der Waals surface area contributed by atoms with Crippen molar-refractivity contribution in [3.63, 3.8) is 0 Å². The van der Waals surface area contributed by atoms with Crippen LogP contribution in [-0.2, 0) is 10.6 Å². The summed E-state index contributed by atoms with van der Waals surface area (Å²) >= 11 is 5.61. The first-order valence-electron chi connectivity index (χ1n) is 4.73. The molecule has 1 aromatic rings. The Hall–Kier alpha value is -0.800. The molecule has 0 fully saturated rings. The quantitative estimate of drug-likeness (QED) is 0.555. The third kappa shape index (κ3) is 4.49. The first-order valence-corrected chi connectivity index (χ1v) is 5.27. The summed E-state index contributed by atoms with van der Waals surface area (Å²) in [5.41, 5.74) is 0.721. The van der Waals surface area contributed by atoms with Crippen LogP contribution in [-0.4, -0.2) is 20.3 Å². The summed E-state index contributed by atoms with van der Waals surface area (Å²) in [4.78, 5) is 0. The van der Waals surface area contributed by atoms with Crippen LogP contribution in [0.1, 0.15) is 12.0 Å². The second-order valence-electron chi connectivity index (χ2n) is 3.12. The Bertz CT molecular complexity index is 305. The van der Waals surface area contributed by atoms with Gasteiger partial charge in [0.05, 0.1) is 6.61 Å². The summed E-state index contributed by atoms with van der Waals surface area (Å²) in [6, 6.07) is 4.49. The zero-order valence-corrected chi connectivity index (χ0v) is 9.39. The molecule has 0 atom stereocenters. The molecule has 1 rings (SSSR count). The van der Waals surface area contributed by atoms with E-state index in [1.54, 1.807) is 13.2 Å². The van der Waals surface area contributed by atoms with Gasteiger partial charge in [-0.15, -0.1) is 11.6 Å². The summed E-state index contributed by atoms with van der Waals surface area (Å²) < 4.78 is 23.3. The van der Waals surface area contributed by atoms with Crippen molar-refractivity contribution < 1.29 is 13.9 Å². The Morgan fingerprint density at radius 1 is 1.27 bits per heavy atom. The van der Waals surface area contributed by atoms with Gasteiger partial charge >= 0.3 is 0 Å². The lowest BCUT2D eigenvalue weighted by atomic mass is 10.2. The number of halogens is 2. The van der Waals surface area contributed by atoms with Crippen LogP contribution in [0, 0.1) is 5.82 Å². The maximum Gasteiger partial charge on any atom is 0.127 e. The lowest BCUT2D eigenvalue weighted by Gasteiger charge is -2.07. The molecule has 0 spiro atoms. The van der Waals surface area contributed by atoms with Gasteiger partial charge in [-0.25, -0.2) is 4.39 Å². The van der Waals surface area contributed by atoms with Gasteiger partial charge in [-0.2, -0.15) is 0 Å². The second kappa shape index (κ2) is 6.64. The van der Waals surface area contributed by atoms with Crippen LogP contribution in [0.4, 0.5) is 4.39 Å². The zero-order chi connectivity index (χ0) is 11.1. The fraction of sp³-hybridized carbons (Fsp3) is 0.455. The number of benzene rings is 1. The van der Waals surface area contributed by atoms with Crippen LogP contribution in [0.5, 0.6) is 5.75 Å². The van der Waals surface area contributed by atoms with Crippen molar-refractivity contribution in [1.29, 1.82) is 0 Å². The molecule has 0 radical (unpaired) electrons. The highest BCUT2D eigenvalue weighted by Crippen LogP contribution is 2.17. The van der Waals surface area contributed by atoms with Crippen LogP contribution in [0.2, 0.25) is 0 Å². The van der Waals surface area contributed by atoms with Gasteiger partial charge in [-0.1, -0.05) is 0 Å². The van der Waals surface area contributed by atoms with E-state index < -0.39 is 0 Å². The van der Waals surface area contributed by atoms with E-state index in [-0.39, 0.29) is 11.7 Å². The molecule has 0 N–H and O–H groups in total. The Balaban J connectivity index is 2.49. The third-order valence-electron chi connectivity index (χ3n) is 1.85. The Morgan fingerprint density at radius 2 is 2.07 bits per heavy atom. The monoisotopic (exact) mass is 232 g/mol. The van der Waals surface area contributed by atoms with E-state index in [1.165, 1.54) is 12.1 Å². The molecule has 2 nitrogen and oxygen atoms in total. The van der Waals surface area contributed by atoms with E-state index in [0.29, 0.717) is 19.0 Å². The van der Waals surface area contributed by atoms with Crippen molar-refractivity contribution in [2.45, 2.75) is 12.3 Å². The molecule has 4 heteroatoms. The van der Waals surface area contributed by atoms with Crippen LogP contribution < -0.4 is 4.74 Å². The Kier molecular flexibility index (Phi) is 5.43. The SMILES string of the molecule is COCCCOc1cc(F)cc(CCl)c1. The van der Waals surface area contributed by atoms with Gasteiger partial charge in [-0.3, -0.25) is 0 Å². The third-order valence-corrected chi connectivity index (χ3v) is 2.16. The smallest absolute Gasteiger partial charge is 0.127 e. The molecule has 0 aliphatic rings. The summed E-state index contributed by atoms with van der Waals surface area (Å²) in [5.74, 6) is 0.475. The minimum Gasteiger partial charge on any atom is -0.493 e. The summed E-state index contributed by atoms with van der Waals surface area (Å²) in [5, 5.41) is 0. The molecular formula is C11H14ClFO2. The lowest BCUT2D eigenvalue weighted by molar-refractivity contribution is 0.172. The number of hydrogen-bond donors (Lipinski definition) is 0. The van der Waals surface area contributed by atoms with Crippen LogP contribution >= 0.6 is 11.6 Å². The first-order chi connectivity index (χ1) is 7.26. The van der Waals surface area contributed by atoms with Gasteiger partial charge in [-0.05, 0) is 17.7 Å².